The molecule has 1 saturated carbocycles. The van der Waals surface area contributed by atoms with Gasteiger partial charge in [0.2, 0.25) is 5.88 Å². The first-order valence-electron chi connectivity index (χ1n) is 12.7. The molecule has 2 aliphatic rings. The van der Waals surface area contributed by atoms with Gasteiger partial charge in [-0.05, 0) is 51.2 Å². The summed E-state index contributed by atoms with van der Waals surface area (Å²) in [6, 6.07) is 4.38. The fraction of sp³-hybridized carbons (Fsp3) is 0.520. The molecular formula is C25H30F3N7O4S. The zero-order chi connectivity index (χ0) is 29.1. The number of halogens is 3. The molecule has 2 fully saturated rings. The van der Waals surface area contributed by atoms with E-state index < -0.39 is 39.7 Å². The molecule has 15 heteroatoms. The molecule has 40 heavy (non-hydrogen) atoms. The van der Waals surface area contributed by atoms with Crippen LogP contribution in [0.15, 0.2) is 41.7 Å². The summed E-state index contributed by atoms with van der Waals surface area (Å²) in [6.45, 7) is 6.14. The van der Waals surface area contributed by atoms with E-state index in [-0.39, 0.29) is 46.7 Å². The second kappa shape index (κ2) is 9.49. The molecule has 11 nitrogen and oxygen atoms in total. The average Bonchev–Trinajstić information content (AvgIpc) is 3.16. The van der Waals surface area contributed by atoms with Crippen molar-refractivity contribution in [2.45, 2.75) is 56.6 Å². The van der Waals surface area contributed by atoms with Crippen molar-refractivity contribution in [3.05, 3.63) is 42.4 Å². The Morgan fingerprint density at radius 1 is 1.23 bits per heavy atom. The van der Waals surface area contributed by atoms with E-state index in [0.717, 1.165) is 12.6 Å². The van der Waals surface area contributed by atoms with Gasteiger partial charge in [0.1, 0.15) is 22.7 Å². The summed E-state index contributed by atoms with van der Waals surface area (Å²) in [5.74, 6) is -0.0249. The summed E-state index contributed by atoms with van der Waals surface area (Å²) in [6.07, 6.45) is 0.430. The minimum absolute atomic E-state index is 0.0124. The number of carbonyl (C=O) groups excluding carboxylic acids is 1. The molecular weight excluding hydrogens is 551 g/mol. The zero-order valence-electron chi connectivity index (χ0n) is 22.4. The summed E-state index contributed by atoms with van der Waals surface area (Å²) in [4.78, 5) is 19.8. The Balaban J connectivity index is 1.44. The number of carbonyl (C=O) groups is 1. The molecule has 1 aliphatic heterocycles. The van der Waals surface area contributed by atoms with Gasteiger partial charge in [-0.15, -0.1) is 5.10 Å². The molecule has 1 amide bonds. The van der Waals surface area contributed by atoms with Crippen molar-refractivity contribution in [3.63, 3.8) is 0 Å². The minimum atomic E-state index is -4.34. The first-order chi connectivity index (χ1) is 18.6. The number of amides is 1. The largest absolute Gasteiger partial charge is 0.476 e. The van der Waals surface area contributed by atoms with Gasteiger partial charge in [-0.1, -0.05) is 6.92 Å². The van der Waals surface area contributed by atoms with E-state index in [1.807, 2.05) is 18.7 Å². The highest BCUT2D eigenvalue weighted by Gasteiger charge is 2.64. The van der Waals surface area contributed by atoms with Crippen LogP contribution in [-0.2, 0) is 17.1 Å². The first-order valence-corrected chi connectivity index (χ1v) is 14.2. The number of pyridine rings is 1. The standard InChI is InChI=1S/C25H30F3N7O4S/c1-16-11-23(2,3)34(13-16)21-18(22(36)32-40(37,38)17-12-29-33(4)14-17)5-6-19(30-21)35-10-7-20(31-35)39-15-24(8-9-24)25(26,27)28/h5-7,10,12,14,16H,8-9,11,13,15H2,1-4H3,(H,32,36)/t16-/m0/s1. The number of rotatable bonds is 8. The quantitative estimate of drug-likeness (QED) is 0.429. The molecule has 1 saturated heterocycles. The number of hydrogen-bond acceptors (Lipinski definition) is 8. The lowest BCUT2D eigenvalue weighted by Crippen LogP contribution is -2.41. The molecule has 216 valence electrons. The topological polar surface area (TPSA) is 124 Å². The van der Waals surface area contributed by atoms with Crippen LogP contribution in [0.4, 0.5) is 19.0 Å². The fourth-order valence-electron chi connectivity index (χ4n) is 5.07. The van der Waals surface area contributed by atoms with Gasteiger partial charge in [0.25, 0.3) is 15.9 Å². The highest BCUT2D eigenvalue weighted by atomic mass is 32.2. The van der Waals surface area contributed by atoms with E-state index in [2.05, 4.69) is 26.8 Å². The smallest absolute Gasteiger partial charge is 0.397 e. The van der Waals surface area contributed by atoms with E-state index >= 15 is 0 Å². The first kappa shape index (κ1) is 27.9. The monoisotopic (exact) mass is 581 g/mol. The Morgan fingerprint density at radius 2 is 1.95 bits per heavy atom. The Hall–Kier alpha value is -3.62. The number of nitrogens with one attached hydrogen (secondary N) is 1. The molecule has 1 aliphatic carbocycles. The van der Waals surface area contributed by atoms with Crippen LogP contribution in [0.5, 0.6) is 5.88 Å². The number of nitrogens with zero attached hydrogens (tertiary/aromatic N) is 6. The fourth-order valence-corrected chi connectivity index (χ4v) is 6.02. The van der Waals surface area contributed by atoms with Crippen molar-refractivity contribution in [1.82, 2.24) is 29.3 Å². The van der Waals surface area contributed by atoms with Crippen LogP contribution in [0.3, 0.4) is 0 Å². The molecule has 0 radical (unpaired) electrons. The summed E-state index contributed by atoms with van der Waals surface area (Å²) >= 11 is 0. The summed E-state index contributed by atoms with van der Waals surface area (Å²) in [7, 11) is -2.63. The maximum absolute atomic E-state index is 13.3. The molecule has 0 bridgehead atoms. The van der Waals surface area contributed by atoms with Crippen LogP contribution in [0, 0.1) is 11.3 Å². The lowest BCUT2D eigenvalue weighted by Gasteiger charge is -2.34. The van der Waals surface area contributed by atoms with E-state index in [1.54, 1.807) is 7.05 Å². The third-order valence-corrected chi connectivity index (χ3v) is 8.69. The number of hydrogen-bond donors (Lipinski definition) is 1. The maximum Gasteiger partial charge on any atom is 0.397 e. The normalized spacial score (nSPS) is 20.0. The summed E-state index contributed by atoms with van der Waals surface area (Å²) in [5, 5.41) is 8.08. The molecule has 4 heterocycles. The number of ether oxygens (including phenoxy) is 1. The van der Waals surface area contributed by atoms with Crippen molar-refractivity contribution in [3.8, 4) is 11.7 Å². The van der Waals surface area contributed by atoms with Crippen LogP contribution in [0.2, 0.25) is 0 Å². The van der Waals surface area contributed by atoms with Crippen molar-refractivity contribution in [1.29, 1.82) is 0 Å². The van der Waals surface area contributed by atoms with Crippen molar-refractivity contribution in [2.24, 2.45) is 18.4 Å². The number of aryl methyl sites for hydroxylation is 1. The van der Waals surface area contributed by atoms with Gasteiger partial charge in [-0.25, -0.2) is 22.8 Å². The Bertz CT molecular complexity index is 1540. The SMILES string of the molecule is C[C@@H]1CN(c2nc(-n3ccc(OCC4(C(F)(F)F)CC4)n3)ccc2C(=O)NS(=O)(=O)c2cnn(C)c2)C(C)(C)C1. The molecule has 0 aromatic carbocycles. The number of alkyl halides is 3. The van der Waals surface area contributed by atoms with E-state index in [4.69, 9.17) is 4.74 Å². The van der Waals surface area contributed by atoms with Crippen molar-refractivity contribution in [2.75, 3.05) is 18.1 Å². The summed E-state index contributed by atoms with van der Waals surface area (Å²) in [5.41, 5.74) is -2.18. The zero-order valence-corrected chi connectivity index (χ0v) is 23.3. The Morgan fingerprint density at radius 3 is 2.52 bits per heavy atom. The van der Waals surface area contributed by atoms with E-state index in [1.165, 1.54) is 40.0 Å². The average molecular weight is 582 g/mol. The van der Waals surface area contributed by atoms with Crippen LogP contribution in [0.1, 0.15) is 50.4 Å². The lowest BCUT2D eigenvalue weighted by molar-refractivity contribution is -0.194. The van der Waals surface area contributed by atoms with Crippen molar-refractivity contribution < 1.29 is 31.1 Å². The molecule has 3 aromatic rings. The minimum Gasteiger partial charge on any atom is -0.476 e. The van der Waals surface area contributed by atoms with Crippen molar-refractivity contribution >= 4 is 21.7 Å². The summed E-state index contributed by atoms with van der Waals surface area (Å²) < 4.78 is 75.5. The highest BCUT2D eigenvalue weighted by molar-refractivity contribution is 7.90. The Kier molecular flexibility index (Phi) is 6.63. The van der Waals surface area contributed by atoms with Gasteiger partial charge in [-0.2, -0.15) is 18.3 Å². The molecule has 1 N–H and O–H groups in total. The molecule has 5 rings (SSSR count). The number of anilines is 1. The van der Waals surface area contributed by atoms with Gasteiger partial charge < -0.3 is 9.64 Å². The third kappa shape index (κ3) is 5.25. The van der Waals surface area contributed by atoms with Gasteiger partial charge in [0, 0.05) is 37.6 Å². The second-order valence-electron chi connectivity index (χ2n) is 11.2. The van der Waals surface area contributed by atoms with Crippen LogP contribution < -0.4 is 14.4 Å². The van der Waals surface area contributed by atoms with E-state index in [9.17, 15) is 26.4 Å². The highest BCUT2D eigenvalue weighted by Crippen LogP contribution is 2.57. The van der Waals surface area contributed by atoms with Gasteiger partial charge in [0.05, 0.1) is 11.8 Å². The molecule has 1 atom stereocenters. The molecule has 0 spiro atoms. The Labute approximate surface area is 229 Å². The van der Waals surface area contributed by atoms with Crippen LogP contribution >= 0.6 is 0 Å². The van der Waals surface area contributed by atoms with Gasteiger partial charge >= 0.3 is 6.18 Å². The van der Waals surface area contributed by atoms with E-state index in [0.29, 0.717) is 6.54 Å². The number of sulfonamides is 1. The van der Waals surface area contributed by atoms with Gasteiger partial charge in [-0.3, -0.25) is 9.48 Å². The number of aromatic nitrogens is 5. The maximum atomic E-state index is 13.3. The predicted octanol–water partition coefficient (Wildman–Crippen LogP) is 3.47. The molecule has 3 aromatic heterocycles. The predicted molar refractivity (Wildman–Crippen MR) is 138 cm³/mol. The molecule has 0 unspecified atom stereocenters. The third-order valence-electron chi connectivity index (χ3n) is 7.40. The van der Waals surface area contributed by atoms with Gasteiger partial charge in [0.15, 0.2) is 5.82 Å². The van der Waals surface area contributed by atoms with Crippen LogP contribution in [0.25, 0.3) is 5.82 Å². The van der Waals surface area contributed by atoms with Crippen LogP contribution in [-0.4, -0.2) is 63.7 Å². The second-order valence-corrected chi connectivity index (χ2v) is 12.9. The lowest BCUT2D eigenvalue weighted by atomic mass is 9.97.